The highest BCUT2D eigenvalue weighted by atomic mass is 16.6. The standard InChI is InChI=1S/C23H16N6O3/c1-14-17-6-2-3-7-18(17)21-25-26-22(28(21)27-14)19-8-4-5-9-20(19)24-23(30)15-10-12-16(13-11-15)29(31)32/h2-13H,1H3,(H,24,30). The molecule has 1 N–H and O–H groups in total. The molecule has 9 heteroatoms. The van der Waals surface area contributed by atoms with Crippen molar-refractivity contribution in [1.82, 2.24) is 19.8 Å². The summed E-state index contributed by atoms with van der Waals surface area (Å²) in [5, 5.41) is 29.0. The molecule has 0 aliphatic heterocycles. The second-order valence-electron chi connectivity index (χ2n) is 7.19. The molecule has 9 nitrogen and oxygen atoms in total. The number of carbonyl (C=O) groups is 1. The van der Waals surface area contributed by atoms with Crippen molar-refractivity contribution in [1.29, 1.82) is 0 Å². The maximum Gasteiger partial charge on any atom is 0.269 e. The second-order valence-corrected chi connectivity index (χ2v) is 7.19. The number of anilines is 1. The van der Waals surface area contributed by atoms with Gasteiger partial charge in [0, 0.05) is 34.0 Å². The van der Waals surface area contributed by atoms with Crippen LogP contribution >= 0.6 is 0 Å². The highest BCUT2D eigenvalue weighted by Gasteiger charge is 2.18. The first-order chi connectivity index (χ1) is 15.5. The van der Waals surface area contributed by atoms with Crippen LogP contribution in [0.2, 0.25) is 0 Å². The number of nitro groups is 1. The number of nitro benzene ring substituents is 1. The predicted octanol–water partition coefficient (Wildman–Crippen LogP) is 4.41. The van der Waals surface area contributed by atoms with E-state index in [2.05, 4.69) is 20.6 Å². The smallest absolute Gasteiger partial charge is 0.269 e. The molecule has 0 saturated carbocycles. The largest absolute Gasteiger partial charge is 0.321 e. The van der Waals surface area contributed by atoms with Crippen molar-refractivity contribution in [3.05, 3.63) is 94.2 Å². The van der Waals surface area contributed by atoms with Crippen molar-refractivity contribution in [2.24, 2.45) is 0 Å². The molecule has 156 valence electrons. The maximum atomic E-state index is 12.8. The molecular weight excluding hydrogens is 408 g/mol. The molecule has 0 bridgehead atoms. The van der Waals surface area contributed by atoms with Gasteiger partial charge in [0.05, 0.1) is 16.3 Å². The van der Waals surface area contributed by atoms with E-state index in [4.69, 9.17) is 0 Å². The predicted molar refractivity (Wildman–Crippen MR) is 120 cm³/mol. The number of carbonyl (C=O) groups excluding carboxylic acids is 1. The number of nitrogens with zero attached hydrogens (tertiary/aromatic N) is 5. The van der Waals surface area contributed by atoms with Crippen molar-refractivity contribution in [3.8, 4) is 11.4 Å². The van der Waals surface area contributed by atoms with Gasteiger partial charge in [-0.3, -0.25) is 14.9 Å². The van der Waals surface area contributed by atoms with E-state index in [1.807, 2.05) is 43.3 Å². The van der Waals surface area contributed by atoms with E-state index in [0.29, 0.717) is 28.3 Å². The number of hydrogen-bond acceptors (Lipinski definition) is 6. The minimum atomic E-state index is -0.508. The molecular formula is C23H16N6O3. The highest BCUT2D eigenvalue weighted by molar-refractivity contribution is 6.06. The van der Waals surface area contributed by atoms with Gasteiger partial charge in [-0.2, -0.15) is 9.61 Å². The van der Waals surface area contributed by atoms with Crippen molar-refractivity contribution >= 4 is 33.7 Å². The summed E-state index contributed by atoms with van der Waals surface area (Å²) in [5.41, 5.74) is 2.86. The van der Waals surface area contributed by atoms with E-state index in [1.54, 1.807) is 16.6 Å². The molecule has 0 fully saturated rings. The van der Waals surface area contributed by atoms with Crippen LogP contribution in [0, 0.1) is 17.0 Å². The van der Waals surface area contributed by atoms with E-state index < -0.39 is 10.8 Å². The SMILES string of the molecule is Cc1nn2c(-c3ccccc3NC(=O)c3ccc([N+](=O)[O-])cc3)nnc2c2ccccc12. The molecule has 5 aromatic rings. The number of aryl methyl sites for hydroxylation is 1. The topological polar surface area (TPSA) is 115 Å². The number of para-hydroxylation sites is 1. The average molecular weight is 424 g/mol. The summed E-state index contributed by atoms with van der Waals surface area (Å²) in [4.78, 5) is 23.1. The first-order valence-electron chi connectivity index (χ1n) is 9.79. The Bertz CT molecular complexity index is 1510. The summed E-state index contributed by atoms with van der Waals surface area (Å²) >= 11 is 0. The summed E-state index contributed by atoms with van der Waals surface area (Å²) < 4.78 is 1.68. The molecule has 32 heavy (non-hydrogen) atoms. The number of fused-ring (bicyclic) bond motifs is 3. The van der Waals surface area contributed by atoms with Crippen LogP contribution in [0.15, 0.2) is 72.8 Å². The summed E-state index contributed by atoms with van der Waals surface area (Å²) in [5.74, 6) is 0.101. The monoisotopic (exact) mass is 424 g/mol. The van der Waals surface area contributed by atoms with Gasteiger partial charge in [-0.15, -0.1) is 10.2 Å². The maximum absolute atomic E-state index is 12.8. The van der Waals surface area contributed by atoms with Crippen LogP contribution in [-0.4, -0.2) is 30.6 Å². The zero-order valence-electron chi connectivity index (χ0n) is 16.9. The number of nitrogens with one attached hydrogen (secondary N) is 1. The summed E-state index contributed by atoms with van der Waals surface area (Å²) in [6.07, 6.45) is 0. The number of rotatable bonds is 4. The lowest BCUT2D eigenvalue weighted by atomic mass is 10.1. The minimum Gasteiger partial charge on any atom is -0.321 e. The first kappa shape index (κ1) is 19.3. The third-order valence-corrected chi connectivity index (χ3v) is 5.20. The summed E-state index contributed by atoms with van der Waals surface area (Å²) in [7, 11) is 0. The third-order valence-electron chi connectivity index (χ3n) is 5.20. The molecule has 0 radical (unpaired) electrons. The lowest BCUT2D eigenvalue weighted by Gasteiger charge is -2.10. The Labute approximate surface area is 181 Å². The fraction of sp³-hybridized carbons (Fsp3) is 0.0435. The van der Waals surface area contributed by atoms with Crippen LogP contribution in [0.25, 0.3) is 27.8 Å². The van der Waals surface area contributed by atoms with E-state index in [0.717, 1.165) is 16.5 Å². The van der Waals surface area contributed by atoms with Gasteiger partial charge in [-0.1, -0.05) is 36.4 Å². The van der Waals surface area contributed by atoms with Crippen LogP contribution < -0.4 is 5.32 Å². The molecule has 3 aromatic carbocycles. The van der Waals surface area contributed by atoms with Gasteiger partial charge in [0.15, 0.2) is 11.5 Å². The highest BCUT2D eigenvalue weighted by Crippen LogP contribution is 2.29. The fourth-order valence-electron chi connectivity index (χ4n) is 3.62. The molecule has 0 atom stereocenters. The van der Waals surface area contributed by atoms with Gasteiger partial charge in [-0.05, 0) is 31.2 Å². The first-order valence-corrected chi connectivity index (χ1v) is 9.79. The van der Waals surface area contributed by atoms with Gasteiger partial charge >= 0.3 is 0 Å². The van der Waals surface area contributed by atoms with Crippen molar-refractivity contribution in [2.45, 2.75) is 6.92 Å². The Hall–Kier alpha value is -4.66. The Morgan fingerprint density at radius 3 is 2.38 bits per heavy atom. The Balaban J connectivity index is 1.56. The molecule has 0 unspecified atom stereocenters. The molecule has 0 aliphatic rings. The van der Waals surface area contributed by atoms with Crippen LogP contribution in [0.5, 0.6) is 0 Å². The number of non-ortho nitro benzene ring substituents is 1. The number of hydrogen-bond donors (Lipinski definition) is 1. The minimum absolute atomic E-state index is 0.0782. The van der Waals surface area contributed by atoms with Crippen molar-refractivity contribution in [3.63, 3.8) is 0 Å². The lowest BCUT2D eigenvalue weighted by Crippen LogP contribution is -2.13. The van der Waals surface area contributed by atoms with Gasteiger partial charge < -0.3 is 5.32 Å². The summed E-state index contributed by atoms with van der Waals surface area (Å²) in [6.45, 7) is 1.92. The normalized spacial score (nSPS) is 11.0. The van der Waals surface area contributed by atoms with E-state index in [-0.39, 0.29) is 5.69 Å². The molecule has 5 rings (SSSR count). The van der Waals surface area contributed by atoms with E-state index in [9.17, 15) is 14.9 Å². The Morgan fingerprint density at radius 1 is 0.938 bits per heavy atom. The van der Waals surface area contributed by atoms with E-state index >= 15 is 0 Å². The molecule has 2 heterocycles. The van der Waals surface area contributed by atoms with Gasteiger partial charge in [0.25, 0.3) is 11.6 Å². The zero-order chi connectivity index (χ0) is 22.2. The van der Waals surface area contributed by atoms with Crippen LogP contribution in [0.4, 0.5) is 11.4 Å². The van der Waals surface area contributed by atoms with Crippen LogP contribution in [0.1, 0.15) is 16.1 Å². The van der Waals surface area contributed by atoms with E-state index in [1.165, 1.54) is 24.3 Å². The van der Waals surface area contributed by atoms with Crippen molar-refractivity contribution in [2.75, 3.05) is 5.32 Å². The zero-order valence-corrected chi connectivity index (χ0v) is 16.9. The summed E-state index contributed by atoms with van der Waals surface area (Å²) in [6, 6.07) is 20.5. The van der Waals surface area contributed by atoms with Crippen LogP contribution in [0.3, 0.4) is 0 Å². The lowest BCUT2D eigenvalue weighted by molar-refractivity contribution is -0.384. The van der Waals surface area contributed by atoms with Crippen molar-refractivity contribution < 1.29 is 9.72 Å². The Morgan fingerprint density at radius 2 is 1.62 bits per heavy atom. The second kappa shape index (κ2) is 7.55. The molecule has 1 amide bonds. The number of benzene rings is 3. The number of aromatic nitrogens is 4. The molecule has 0 spiro atoms. The number of amides is 1. The van der Waals surface area contributed by atoms with Crippen LogP contribution in [-0.2, 0) is 0 Å². The van der Waals surface area contributed by atoms with Gasteiger partial charge in [0.2, 0.25) is 0 Å². The molecule has 0 saturated heterocycles. The molecule has 2 aromatic heterocycles. The van der Waals surface area contributed by atoms with Gasteiger partial charge in [0.1, 0.15) is 0 Å². The Kier molecular flexibility index (Phi) is 4.55. The fourth-order valence-corrected chi connectivity index (χ4v) is 3.62. The third kappa shape index (κ3) is 3.21. The molecule has 0 aliphatic carbocycles. The average Bonchev–Trinajstić information content (AvgIpc) is 3.23. The quantitative estimate of drug-likeness (QED) is 0.337. The van der Waals surface area contributed by atoms with Gasteiger partial charge in [-0.25, -0.2) is 0 Å².